The first kappa shape index (κ1) is 14.3. The lowest BCUT2D eigenvalue weighted by molar-refractivity contribution is -0.148. The third kappa shape index (κ3) is 2.48. The van der Waals surface area contributed by atoms with Crippen LogP contribution in [0.5, 0.6) is 0 Å². The molecule has 0 saturated heterocycles. The van der Waals surface area contributed by atoms with E-state index in [2.05, 4.69) is 0 Å². The molecule has 1 aliphatic rings. The Kier molecular flexibility index (Phi) is 3.67. The molecule has 0 saturated carbocycles. The van der Waals surface area contributed by atoms with Crippen LogP contribution in [-0.2, 0) is 9.59 Å². The molecule has 3 rings (SSSR count). The van der Waals surface area contributed by atoms with E-state index < -0.39 is 17.9 Å². The lowest BCUT2D eigenvalue weighted by atomic mass is 9.86. The summed E-state index contributed by atoms with van der Waals surface area (Å²) in [5.74, 6) is -3.08. The Bertz CT molecular complexity index is 690. The smallest absolute Gasteiger partial charge is 0.307 e. The van der Waals surface area contributed by atoms with Crippen molar-refractivity contribution in [3.8, 4) is 11.1 Å². The second kappa shape index (κ2) is 5.64. The van der Waals surface area contributed by atoms with Crippen molar-refractivity contribution in [3.05, 3.63) is 59.7 Å². The Labute approximate surface area is 128 Å². The highest BCUT2D eigenvalue weighted by Gasteiger charge is 2.33. The van der Waals surface area contributed by atoms with Gasteiger partial charge in [-0.25, -0.2) is 0 Å². The van der Waals surface area contributed by atoms with Crippen molar-refractivity contribution in [2.45, 2.75) is 18.8 Å². The maximum atomic E-state index is 11.4. The number of rotatable bonds is 5. The normalized spacial score (nSPS) is 14.2. The van der Waals surface area contributed by atoms with E-state index in [4.69, 9.17) is 5.11 Å². The zero-order valence-corrected chi connectivity index (χ0v) is 11.9. The van der Waals surface area contributed by atoms with E-state index in [1.807, 2.05) is 48.5 Å². The van der Waals surface area contributed by atoms with Crippen molar-refractivity contribution in [1.82, 2.24) is 0 Å². The summed E-state index contributed by atoms with van der Waals surface area (Å²) in [5.41, 5.74) is 4.39. The minimum absolute atomic E-state index is 0.0622. The van der Waals surface area contributed by atoms with E-state index in [-0.39, 0.29) is 12.3 Å². The summed E-state index contributed by atoms with van der Waals surface area (Å²) in [6.07, 6.45) is -0.0498. The lowest BCUT2D eigenvalue weighted by Gasteiger charge is -2.18. The van der Waals surface area contributed by atoms with Gasteiger partial charge in [-0.05, 0) is 28.7 Å². The number of carbonyl (C=O) groups is 2. The minimum atomic E-state index is -1.08. The molecule has 0 radical (unpaired) electrons. The predicted octanol–water partition coefficient (Wildman–Crippen LogP) is 3.36. The van der Waals surface area contributed by atoms with Crippen LogP contribution in [0, 0.1) is 5.92 Å². The monoisotopic (exact) mass is 296 g/mol. The van der Waals surface area contributed by atoms with E-state index in [1.165, 1.54) is 0 Å². The second-order valence-electron chi connectivity index (χ2n) is 5.60. The SMILES string of the molecule is O=C(O)CC(CC1c2ccccc2-c2ccccc21)C(=O)O. The van der Waals surface area contributed by atoms with E-state index >= 15 is 0 Å². The molecule has 0 aliphatic heterocycles. The Balaban J connectivity index is 2.00. The van der Waals surface area contributed by atoms with E-state index in [1.54, 1.807) is 0 Å². The Morgan fingerprint density at radius 2 is 1.41 bits per heavy atom. The van der Waals surface area contributed by atoms with E-state index in [0.717, 1.165) is 22.3 Å². The van der Waals surface area contributed by atoms with Crippen LogP contribution in [0.3, 0.4) is 0 Å². The van der Waals surface area contributed by atoms with Gasteiger partial charge in [0.2, 0.25) is 0 Å². The Hall–Kier alpha value is -2.62. The molecule has 2 aromatic rings. The van der Waals surface area contributed by atoms with Gasteiger partial charge in [0.15, 0.2) is 0 Å². The molecule has 0 spiro atoms. The van der Waals surface area contributed by atoms with Crippen LogP contribution in [0.1, 0.15) is 29.9 Å². The first-order valence-electron chi connectivity index (χ1n) is 7.20. The van der Waals surface area contributed by atoms with Gasteiger partial charge in [0, 0.05) is 5.92 Å². The van der Waals surface area contributed by atoms with Crippen LogP contribution in [0.25, 0.3) is 11.1 Å². The molecular weight excluding hydrogens is 280 g/mol. The van der Waals surface area contributed by atoms with Gasteiger partial charge in [-0.3, -0.25) is 9.59 Å². The topological polar surface area (TPSA) is 74.6 Å². The molecule has 0 aromatic heterocycles. The van der Waals surface area contributed by atoms with Crippen molar-refractivity contribution in [2.75, 3.05) is 0 Å². The number of hydrogen-bond donors (Lipinski definition) is 2. The zero-order valence-electron chi connectivity index (χ0n) is 11.9. The third-order valence-corrected chi connectivity index (χ3v) is 4.25. The molecule has 4 nitrogen and oxygen atoms in total. The molecule has 0 fully saturated rings. The fraction of sp³-hybridized carbons (Fsp3) is 0.222. The molecule has 22 heavy (non-hydrogen) atoms. The molecule has 1 unspecified atom stereocenters. The third-order valence-electron chi connectivity index (χ3n) is 4.25. The highest BCUT2D eigenvalue weighted by atomic mass is 16.4. The molecule has 2 aromatic carbocycles. The number of benzene rings is 2. The van der Waals surface area contributed by atoms with Gasteiger partial charge in [0.05, 0.1) is 12.3 Å². The largest absolute Gasteiger partial charge is 0.481 e. The van der Waals surface area contributed by atoms with Crippen LogP contribution < -0.4 is 0 Å². The van der Waals surface area contributed by atoms with Crippen LogP contribution >= 0.6 is 0 Å². The van der Waals surface area contributed by atoms with Crippen molar-refractivity contribution in [2.24, 2.45) is 5.92 Å². The summed E-state index contributed by atoms with van der Waals surface area (Å²) < 4.78 is 0. The molecule has 1 atom stereocenters. The van der Waals surface area contributed by atoms with Crippen molar-refractivity contribution < 1.29 is 19.8 Å². The molecule has 0 amide bonds. The number of carboxylic acids is 2. The van der Waals surface area contributed by atoms with Gasteiger partial charge in [0.1, 0.15) is 0 Å². The highest BCUT2D eigenvalue weighted by molar-refractivity contribution is 5.81. The maximum absolute atomic E-state index is 11.4. The summed E-state index contributed by atoms with van der Waals surface area (Å²) in [6, 6.07) is 15.9. The summed E-state index contributed by atoms with van der Waals surface area (Å²) in [6.45, 7) is 0. The number of fused-ring (bicyclic) bond motifs is 3. The summed E-state index contributed by atoms with van der Waals surface area (Å²) in [5, 5.41) is 18.2. The summed E-state index contributed by atoms with van der Waals surface area (Å²) in [7, 11) is 0. The first-order valence-corrected chi connectivity index (χ1v) is 7.20. The molecule has 0 heterocycles. The average molecular weight is 296 g/mol. The molecule has 2 N–H and O–H groups in total. The maximum Gasteiger partial charge on any atom is 0.307 e. The minimum Gasteiger partial charge on any atom is -0.481 e. The van der Waals surface area contributed by atoms with Crippen LogP contribution in [-0.4, -0.2) is 22.2 Å². The number of hydrogen-bond acceptors (Lipinski definition) is 2. The zero-order chi connectivity index (χ0) is 15.7. The quantitative estimate of drug-likeness (QED) is 0.887. The molecule has 0 bridgehead atoms. The van der Waals surface area contributed by atoms with Crippen LogP contribution in [0.2, 0.25) is 0 Å². The average Bonchev–Trinajstić information content (AvgIpc) is 2.81. The van der Waals surface area contributed by atoms with Gasteiger partial charge >= 0.3 is 11.9 Å². The predicted molar refractivity (Wildman–Crippen MR) is 81.7 cm³/mol. The lowest BCUT2D eigenvalue weighted by Crippen LogP contribution is -2.20. The first-order chi connectivity index (χ1) is 10.6. The number of carboxylic acid groups (broad SMARTS) is 2. The van der Waals surface area contributed by atoms with Gasteiger partial charge < -0.3 is 10.2 Å². The van der Waals surface area contributed by atoms with E-state index in [0.29, 0.717) is 6.42 Å². The summed E-state index contributed by atoms with van der Waals surface area (Å²) in [4.78, 5) is 22.3. The Morgan fingerprint density at radius 3 is 1.86 bits per heavy atom. The number of aliphatic carboxylic acids is 2. The fourth-order valence-corrected chi connectivity index (χ4v) is 3.28. The van der Waals surface area contributed by atoms with Gasteiger partial charge in [-0.1, -0.05) is 48.5 Å². The standard InChI is InChI=1S/C18H16O4/c19-17(20)10-11(18(21)22)9-16-14-7-3-1-5-12(14)13-6-2-4-8-15(13)16/h1-8,11,16H,9-10H2,(H,19,20)(H,21,22). The molecular formula is C18H16O4. The summed E-state index contributed by atoms with van der Waals surface area (Å²) >= 11 is 0. The van der Waals surface area contributed by atoms with Crippen molar-refractivity contribution in [1.29, 1.82) is 0 Å². The van der Waals surface area contributed by atoms with Crippen molar-refractivity contribution in [3.63, 3.8) is 0 Å². The van der Waals surface area contributed by atoms with Gasteiger partial charge in [-0.15, -0.1) is 0 Å². The Morgan fingerprint density at radius 1 is 0.909 bits per heavy atom. The van der Waals surface area contributed by atoms with Gasteiger partial charge in [0.25, 0.3) is 0 Å². The van der Waals surface area contributed by atoms with E-state index in [9.17, 15) is 14.7 Å². The fourth-order valence-electron chi connectivity index (χ4n) is 3.28. The molecule has 4 heteroatoms. The van der Waals surface area contributed by atoms with Crippen LogP contribution in [0.4, 0.5) is 0 Å². The second-order valence-corrected chi connectivity index (χ2v) is 5.60. The van der Waals surface area contributed by atoms with Crippen LogP contribution in [0.15, 0.2) is 48.5 Å². The molecule has 112 valence electrons. The highest BCUT2D eigenvalue weighted by Crippen LogP contribution is 2.47. The van der Waals surface area contributed by atoms with Gasteiger partial charge in [-0.2, -0.15) is 0 Å². The molecule has 1 aliphatic carbocycles. The van der Waals surface area contributed by atoms with Crippen molar-refractivity contribution >= 4 is 11.9 Å².